The number of hydrogen-bond donors (Lipinski definition) is 4. The Morgan fingerprint density at radius 1 is 0.882 bits per heavy atom. The molecule has 3 amide bonds. The Labute approximate surface area is 309 Å². The molecule has 2 heterocycles. The minimum Gasteiger partial charge on any atom is -0.507 e. The molecule has 1 fully saturated rings. The zero-order valence-corrected chi connectivity index (χ0v) is 29.7. The van der Waals surface area contributed by atoms with Gasteiger partial charge in [0.15, 0.2) is 0 Å². The molecule has 14 heteroatoms. The van der Waals surface area contributed by atoms with Crippen molar-refractivity contribution in [3.63, 3.8) is 0 Å². The molecule has 51 heavy (non-hydrogen) atoms. The van der Waals surface area contributed by atoms with E-state index in [2.05, 4.69) is 36.3 Å². The van der Waals surface area contributed by atoms with E-state index in [4.69, 9.17) is 32.9 Å². The van der Waals surface area contributed by atoms with E-state index in [0.717, 1.165) is 54.6 Å². The third-order valence-electron chi connectivity index (χ3n) is 7.98. The van der Waals surface area contributed by atoms with Gasteiger partial charge < -0.3 is 20.5 Å². The fourth-order valence-corrected chi connectivity index (χ4v) is 6.40. The summed E-state index contributed by atoms with van der Waals surface area (Å²) in [5, 5.41) is 23.7. The number of hydrazone groups is 1. The van der Waals surface area contributed by atoms with Crippen LogP contribution in [0.3, 0.4) is 0 Å². The Morgan fingerprint density at radius 2 is 1.61 bits per heavy atom. The van der Waals surface area contributed by atoms with Gasteiger partial charge in [-0.05, 0) is 60.2 Å². The van der Waals surface area contributed by atoms with Crippen LogP contribution in [-0.4, -0.2) is 70.8 Å². The van der Waals surface area contributed by atoms with Crippen LogP contribution in [0.2, 0.25) is 10.0 Å². The number of thiazole rings is 1. The molecule has 1 aliphatic heterocycles. The van der Waals surface area contributed by atoms with Crippen molar-refractivity contribution in [2.24, 2.45) is 5.10 Å². The second kappa shape index (κ2) is 17.3. The maximum atomic E-state index is 12.5. The number of rotatable bonds is 12. The fourth-order valence-electron chi connectivity index (χ4n) is 5.29. The van der Waals surface area contributed by atoms with Crippen molar-refractivity contribution in [1.82, 2.24) is 20.2 Å². The highest BCUT2D eigenvalue weighted by Gasteiger charge is 2.20. The van der Waals surface area contributed by atoms with Gasteiger partial charge in [-0.1, -0.05) is 53.5 Å². The number of benzene rings is 4. The van der Waals surface area contributed by atoms with E-state index >= 15 is 0 Å². The lowest BCUT2D eigenvalue weighted by Crippen LogP contribution is -2.48. The van der Waals surface area contributed by atoms with E-state index in [0.29, 0.717) is 39.3 Å². The molecule has 0 atom stereocenters. The van der Waals surface area contributed by atoms with Gasteiger partial charge in [-0.3, -0.25) is 14.6 Å². The number of urea groups is 1. The molecule has 0 unspecified atom stereocenters. The topological polar surface area (TPSA) is 131 Å². The van der Waals surface area contributed by atoms with Gasteiger partial charge in [0.05, 0.1) is 28.5 Å². The van der Waals surface area contributed by atoms with Gasteiger partial charge in [0.2, 0.25) is 0 Å². The Morgan fingerprint density at radius 3 is 2.35 bits per heavy atom. The Balaban J connectivity index is 0.897. The first kappa shape index (κ1) is 35.8. The predicted molar refractivity (Wildman–Crippen MR) is 203 cm³/mol. The van der Waals surface area contributed by atoms with Gasteiger partial charge in [-0.25, -0.2) is 15.2 Å². The largest absolute Gasteiger partial charge is 0.507 e. The molecule has 0 saturated carbocycles. The van der Waals surface area contributed by atoms with Crippen LogP contribution >= 0.6 is 34.5 Å². The number of nitrogens with zero attached hydrogens (tertiary/aromatic N) is 4. The Bertz CT molecular complexity index is 1990. The van der Waals surface area contributed by atoms with Crippen LogP contribution in [0, 0.1) is 0 Å². The quantitative estimate of drug-likeness (QED) is 0.0779. The number of ether oxygens (including phenoxy) is 1. The van der Waals surface area contributed by atoms with Gasteiger partial charge in [-0.2, -0.15) is 5.10 Å². The number of aromatic hydroxyl groups is 1. The molecule has 0 radical (unpaired) electrons. The van der Waals surface area contributed by atoms with Crippen molar-refractivity contribution in [3.8, 4) is 22.1 Å². The number of aromatic nitrogens is 1. The lowest BCUT2D eigenvalue weighted by Gasteiger charge is -2.33. The number of carbonyl (C=O) groups is 2. The molecule has 4 N–H and O–H groups in total. The van der Waals surface area contributed by atoms with Crippen LogP contribution in [0.1, 0.15) is 16.8 Å². The van der Waals surface area contributed by atoms with E-state index < -0.39 is 6.03 Å². The monoisotopic (exact) mass is 743 g/mol. The molecule has 262 valence electrons. The number of amides is 3. The number of phenolic OH excluding ortho intramolecular Hbond substituents is 1. The fraction of sp³-hybridized carbons (Fsp3) is 0.189. The van der Waals surface area contributed by atoms with E-state index in [9.17, 15) is 14.7 Å². The molecule has 1 saturated heterocycles. The second-order valence-electron chi connectivity index (χ2n) is 11.8. The number of anilines is 2. The van der Waals surface area contributed by atoms with Crippen LogP contribution in [0.15, 0.2) is 101 Å². The Kier molecular flexibility index (Phi) is 12.2. The van der Waals surface area contributed by atoms with Crippen molar-refractivity contribution in [1.29, 1.82) is 0 Å². The van der Waals surface area contributed by atoms with Gasteiger partial charge in [-0.15, -0.1) is 11.3 Å². The number of piperazine rings is 1. The predicted octanol–water partition coefficient (Wildman–Crippen LogP) is 7.31. The second-order valence-corrected chi connectivity index (χ2v) is 13.4. The van der Waals surface area contributed by atoms with Crippen molar-refractivity contribution in [2.75, 3.05) is 43.4 Å². The van der Waals surface area contributed by atoms with Crippen LogP contribution in [0.25, 0.3) is 10.6 Å². The maximum Gasteiger partial charge on any atom is 0.323 e. The average molecular weight is 745 g/mol. The van der Waals surface area contributed by atoms with Crippen molar-refractivity contribution < 1.29 is 19.4 Å². The molecular weight excluding hydrogens is 709 g/mol. The first-order valence-corrected chi connectivity index (χ1v) is 17.8. The zero-order chi connectivity index (χ0) is 35.6. The molecule has 5 aromatic rings. The van der Waals surface area contributed by atoms with Crippen molar-refractivity contribution in [2.45, 2.75) is 13.2 Å². The number of hydrogen-bond acceptors (Lipinski definition) is 9. The van der Waals surface area contributed by atoms with Gasteiger partial charge in [0.1, 0.15) is 23.1 Å². The molecule has 1 aliphatic rings. The summed E-state index contributed by atoms with van der Waals surface area (Å²) in [5.41, 5.74) is 7.17. The SMILES string of the molecule is O=C(CN1CCN(Cc2csc(-c3ccc(NC(=O)Nc4ccc(Cl)c(Cl)c4)cc3)n2)CC1)N/N=C/c1ccc(OCc2ccccc2)cc1O. The molecular formula is C37H35Cl2N7O4S. The highest BCUT2D eigenvalue weighted by Crippen LogP contribution is 2.28. The Hall–Kier alpha value is -4.98. The van der Waals surface area contributed by atoms with Gasteiger partial charge >= 0.3 is 6.03 Å². The molecule has 0 bridgehead atoms. The maximum absolute atomic E-state index is 12.5. The summed E-state index contributed by atoms with van der Waals surface area (Å²) in [6.45, 7) is 4.44. The number of halogens is 2. The summed E-state index contributed by atoms with van der Waals surface area (Å²) in [6, 6.07) is 26.7. The minimum atomic E-state index is -0.392. The first-order valence-electron chi connectivity index (χ1n) is 16.1. The number of nitrogens with one attached hydrogen (secondary N) is 3. The van der Waals surface area contributed by atoms with E-state index in [1.54, 1.807) is 41.7 Å². The van der Waals surface area contributed by atoms with Crippen molar-refractivity contribution in [3.05, 3.63) is 123 Å². The lowest BCUT2D eigenvalue weighted by molar-refractivity contribution is -0.122. The number of phenols is 1. The smallest absolute Gasteiger partial charge is 0.323 e. The lowest BCUT2D eigenvalue weighted by atomic mass is 10.2. The molecule has 0 aliphatic carbocycles. The van der Waals surface area contributed by atoms with E-state index in [-0.39, 0.29) is 18.2 Å². The summed E-state index contributed by atoms with van der Waals surface area (Å²) in [4.78, 5) is 34.2. The highest BCUT2D eigenvalue weighted by molar-refractivity contribution is 7.13. The zero-order valence-electron chi connectivity index (χ0n) is 27.4. The van der Waals surface area contributed by atoms with Crippen LogP contribution in [-0.2, 0) is 17.9 Å². The summed E-state index contributed by atoms with van der Waals surface area (Å²) >= 11 is 13.5. The third kappa shape index (κ3) is 10.5. The minimum absolute atomic E-state index is 0.0105. The van der Waals surface area contributed by atoms with Crippen molar-refractivity contribution >= 4 is 64.1 Å². The first-order chi connectivity index (χ1) is 24.8. The molecule has 1 aromatic heterocycles. The number of carbonyl (C=O) groups excluding carboxylic acids is 2. The van der Waals surface area contributed by atoms with Gasteiger partial charge in [0.25, 0.3) is 5.91 Å². The average Bonchev–Trinajstić information content (AvgIpc) is 3.60. The third-order valence-corrected chi connectivity index (χ3v) is 9.66. The highest BCUT2D eigenvalue weighted by atomic mass is 35.5. The summed E-state index contributed by atoms with van der Waals surface area (Å²) in [7, 11) is 0. The van der Waals surface area contributed by atoms with Crippen LogP contribution < -0.4 is 20.8 Å². The van der Waals surface area contributed by atoms with Crippen LogP contribution in [0.4, 0.5) is 16.2 Å². The normalized spacial score (nSPS) is 13.6. The van der Waals surface area contributed by atoms with Gasteiger partial charge in [0, 0.05) is 66.7 Å². The standard InChI is InChI=1S/C37H35Cl2N7O4S/c38-32-13-11-29(18-33(32)39)43-37(49)42-28-9-6-26(7-10-28)36-41-30(24-51-36)21-45-14-16-46(17-15-45)22-35(48)44-40-20-27-8-12-31(19-34(27)47)50-23-25-4-2-1-3-5-25/h1-13,18-20,24,47H,14-17,21-23H2,(H,44,48)(H2,42,43,49)/b40-20+. The summed E-state index contributed by atoms with van der Waals surface area (Å²) < 4.78 is 5.74. The van der Waals surface area contributed by atoms with Crippen LogP contribution in [0.5, 0.6) is 11.5 Å². The summed E-state index contributed by atoms with van der Waals surface area (Å²) in [6.07, 6.45) is 1.42. The van der Waals surface area contributed by atoms with E-state index in [1.165, 1.54) is 12.3 Å². The molecule has 6 rings (SSSR count). The summed E-state index contributed by atoms with van der Waals surface area (Å²) in [5.74, 6) is 0.327. The molecule has 4 aromatic carbocycles. The molecule has 11 nitrogen and oxygen atoms in total. The van der Waals surface area contributed by atoms with E-state index in [1.807, 2.05) is 54.6 Å². The molecule has 0 spiro atoms.